The Bertz CT molecular complexity index is 867. The number of aromatic nitrogens is 1. The van der Waals surface area contributed by atoms with Crippen molar-refractivity contribution >= 4 is 11.3 Å². The molecule has 26 heavy (non-hydrogen) atoms. The van der Waals surface area contributed by atoms with E-state index in [2.05, 4.69) is 10.3 Å². The zero-order valence-corrected chi connectivity index (χ0v) is 15.6. The van der Waals surface area contributed by atoms with Gasteiger partial charge in [0.25, 0.3) is 0 Å². The Labute approximate surface area is 156 Å². The van der Waals surface area contributed by atoms with E-state index < -0.39 is 0 Å². The van der Waals surface area contributed by atoms with Crippen LogP contribution < -0.4 is 14.8 Å². The first-order chi connectivity index (χ1) is 12.7. The number of benzene rings is 2. The van der Waals surface area contributed by atoms with E-state index in [9.17, 15) is 4.39 Å². The van der Waals surface area contributed by atoms with Crippen LogP contribution in [0.4, 0.5) is 4.39 Å². The average molecular weight is 372 g/mol. The lowest BCUT2D eigenvalue weighted by atomic mass is 10.1. The fourth-order valence-corrected chi connectivity index (χ4v) is 3.55. The molecule has 1 heterocycles. The highest BCUT2D eigenvalue weighted by atomic mass is 32.1. The Kier molecular flexibility index (Phi) is 6.20. The smallest absolute Gasteiger partial charge is 0.127 e. The first-order valence-corrected chi connectivity index (χ1v) is 9.14. The van der Waals surface area contributed by atoms with Crippen molar-refractivity contribution in [2.75, 3.05) is 20.8 Å². The van der Waals surface area contributed by atoms with Crippen LogP contribution in [0.15, 0.2) is 48.7 Å². The third-order valence-corrected chi connectivity index (χ3v) is 5.06. The quantitative estimate of drug-likeness (QED) is 0.599. The molecule has 0 aliphatic carbocycles. The molecule has 0 aliphatic heterocycles. The molecule has 0 saturated heterocycles. The average Bonchev–Trinajstić information content (AvgIpc) is 3.14. The zero-order chi connectivity index (χ0) is 18.4. The summed E-state index contributed by atoms with van der Waals surface area (Å²) in [6, 6.07) is 12.6. The minimum Gasteiger partial charge on any atom is -0.497 e. The van der Waals surface area contributed by atoms with Gasteiger partial charge in [-0.3, -0.25) is 0 Å². The van der Waals surface area contributed by atoms with Gasteiger partial charge in [-0.2, -0.15) is 0 Å². The first kappa shape index (κ1) is 18.4. The maximum atomic E-state index is 13.6. The van der Waals surface area contributed by atoms with E-state index in [-0.39, 0.29) is 5.82 Å². The summed E-state index contributed by atoms with van der Waals surface area (Å²) >= 11 is 1.60. The van der Waals surface area contributed by atoms with Gasteiger partial charge in [0.1, 0.15) is 22.3 Å². The summed E-state index contributed by atoms with van der Waals surface area (Å²) in [6.07, 6.45) is 2.49. The predicted octanol–water partition coefficient (Wildman–Crippen LogP) is 4.30. The number of halogens is 1. The number of rotatable bonds is 8. The normalized spacial score (nSPS) is 10.7. The Morgan fingerprint density at radius 2 is 1.96 bits per heavy atom. The van der Waals surface area contributed by atoms with Crippen molar-refractivity contribution in [3.63, 3.8) is 0 Å². The van der Waals surface area contributed by atoms with Crippen LogP contribution in [0, 0.1) is 5.82 Å². The maximum Gasteiger partial charge on any atom is 0.127 e. The fraction of sp³-hybridized carbons (Fsp3) is 0.250. The third kappa shape index (κ3) is 4.39. The van der Waals surface area contributed by atoms with Gasteiger partial charge in [0.05, 0.1) is 19.1 Å². The molecule has 0 radical (unpaired) electrons. The molecule has 136 valence electrons. The molecule has 3 rings (SSSR count). The van der Waals surface area contributed by atoms with Crippen LogP contribution in [0.1, 0.15) is 10.6 Å². The molecule has 2 aromatic carbocycles. The second kappa shape index (κ2) is 8.78. The van der Waals surface area contributed by atoms with Crippen molar-refractivity contribution in [3.05, 3.63) is 65.0 Å². The fourth-order valence-electron chi connectivity index (χ4n) is 2.64. The van der Waals surface area contributed by atoms with Gasteiger partial charge in [-0.25, -0.2) is 9.37 Å². The van der Waals surface area contributed by atoms with Gasteiger partial charge in [0.2, 0.25) is 0 Å². The van der Waals surface area contributed by atoms with Crippen LogP contribution in [-0.4, -0.2) is 25.7 Å². The van der Waals surface area contributed by atoms with Gasteiger partial charge >= 0.3 is 0 Å². The number of nitrogens with zero attached hydrogens (tertiary/aromatic N) is 1. The van der Waals surface area contributed by atoms with Gasteiger partial charge in [0, 0.05) is 18.3 Å². The Morgan fingerprint density at radius 3 is 2.73 bits per heavy atom. The van der Waals surface area contributed by atoms with Crippen molar-refractivity contribution in [1.82, 2.24) is 10.3 Å². The van der Waals surface area contributed by atoms with Crippen molar-refractivity contribution in [3.8, 4) is 21.9 Å². The Hall–Kier alpha value is -2.44. The van der Waals surface area contributed by atoms with Crippen LogP contribution in [-0.2, 0) is 13.0 Å². The van der Waals surface area contributed by atoms with E-state index in [1.807, 2.05) is 36.5 Å². The van der Waals surface area contributed by atoms with E-state index in [0.29, 0.717) is 19.5 Å². The molecule has 6 heteroatoms. The Morgan fingerprint density at radius 1 is 1.12 bits per heavy atom. The summed E-state index contributed by atoms with van der Waals surface area (Å²) in [5, 5.41) is 4.29. The molecular formula is C20H21FN2O2S. The number of methoxy groups -OCH3 is 2. The molecule has 0 fully saturated rings. The van der Waals surface area contributed by atoms with Crippen LogP contribution in [0.5, 0.6) is 11.5 Å². The van der Waals surface area contributed by atoms with Gasteiger partial charge in [0.15, 0.2) is 0 Å². The van der Waals surface area contributed by atoms with Gasteiger partial charge in [-0.1, -0.05) is 18.2 Å². The number of hydrogen-bond acceptors (Lipinski definition) is 5. The van der Waals surface area contributed by atoms with Crippen LogP contribution in [0.2, 0.25) is 0 Å². The van der Waals surface area contributed by atoms with E-state index in [1.54, 1.807) is 31.6 Å². The monoisotopic (exact) mass is 372 g/mol. The summed E-state index contributed by atoms with van der Waals surface area (Å²) < 4.78 is 24.3. The molecule has 0 aliphatic rings. The number of thiazole rings is 1. The van der Waals surface area contributed by atoms with E-state index in [4.69, 9.17) is 9.47 Å². The van der Waals surface area contributed by atoms with E-state index >= 15 is 0 Å². The second-order valence-electron chi connectivity index (χ2n) is 5.70. The molecule has 0 spiro atoms. The number of hydrogen-bond donors (Lipinski definition) is 1. The minimum absolute atomic E-state index is 0.157. The van der Waals surface area contributed by atoms with Gasteiger partial charge in [-0.15, -0.1) is 11.3 Å². The molecule has 0 saturated carbocycles. The highest BCUT2D eigenvalue weighted by Gasteiger charge is 2.11. The second-order valence-corrected chi connectivity index (χ2v) is 6.82. The van der Waals surface area contributed by atoms with Gasteiger partial charge < -0.3 is 14.8 Å². The number of ether oxygens (including phenoxy) is 2. The van der Waals surface area contributed by atoms with Crippen molar-refractivity contribution in [2.45, 2.75) is 13.0 Å². The molecule has 3 aromatic rings. The van der Waals surface area contributed by atoms with Crippen LogP contribution in [0.25, 0.3) is 10.4 Å². The van der Waals surface area contributed by atoms with Crippen molar-refractivity contribution in [1.29, 1.82) is 0 Å². The predicted molar refractivity (Wildman–Crippen MR) is 102 cm³/mol. The standard InChI is InChI=1S/C20H21FN2O2S/c1-24-15-7-8-18(25-2)16(11-15)19-12-23-20(26-19)13-22-10-9-14-5-3-4-6-17(14)21/h3-8,11-12,22H,9-10,13H2,1-2H3. The molecular weight excluding hydrogens is 351 g/mol. The van der Waals surface area contributed by atoms with Crippen molar-refractivity contribution < 1.29 is 13.9 Å². The molecule has 4 nitrogen and oxygen atoms in total. The van der Waals surface area contributed by atoms with E-state index in [1.165, 1.54) is 6.07 Å². The summed E-state index contributed by atoms with van der Waals surface area (Å²) in [5.74, 6) is 1.41. The van der Waals surface area contributed by atoms with Crippen LogP contribution in [0.3, 0.4) is 0 Å². The number of nitrogens with one attached hydrogen (secondary N) is 1. The molecule has 0 atom stereocenters. The lowest BCUT2D eigenvalue weighted by Gasteiger charge is -2.08. The minimum atomic E-state index is -0.157. The topological polar surface area (TPSA) is 43.4 Å². The zero-order valence-electron chi connectivity index (χ0n) is 14.8. The van der Waals surface area contributed by atoms with Crippen molar-refractivity contribution in [2.24, 2.45) is 0 Å². The molecule has 0 amide bonds. The lowest BCUT2D eigenvalue weighted by molar-refractivity contribution is 0.404. The van der Waals surface area contributed by atoms with Gasteiger partial charge in [-0.05, 0) is 42.8 Å². The molecule has 1 N–H and O–H groups in total. The summed E-state index contributed by atoms with van der Waals surface area (Å²) in [6.45, 7) is 1.34. The highest BCUT2D eigenvalue weighted by Crippen LogP contribution is 2.36. The molecule has 0 bridgehead atoms. The molecule has 0 unspecified atom stereocenters. The molecule has 1 aromatic heterocycles. The highest BCUT2D eigenvalue weighted by molar-refractivity contribution is 7.15. The Balaban J connectivity index is 1.61. The third-order valence-electron chi connectivity index (χ3n) is 4.03. The SMILES string of the molecule is COc1ccc(OC)c(-c2cnc(CNCCc3ccccc3F)s2)c1. The summed E-state index contributed by atoms with van der Waals surface area (Å²) in [4.78, 5) is 5.49. The lowest BCUT2D eigenvalue weighted by Crippen LogP contribution is -2.16. The maximum absolute atomic E-state index is 13.6. The first-order valence-electron chi connectivity index (χ1n) is 8.32. The summed E-state index contributed by atoms with van der Waals surface area (Å²) in [7, 11) is 3.29. The van der Waals surface area contributed by atoms with Crippen LogP contribution >= 0.6 is 11.3 Å². The largest absolute Gasteiger partial charge is 0.497 e. The summed E-state index contributed by atoms with van der Waals surface area (Å²) in [5.41, 5.74) is 1.68. The van der Waals surface area contributed by atoms with E-state index in [0.717, 1.165) is 32.5 Å².